The van der Waals surface area contributed by atoms with Gasteiger partial charge in [-0.1, -0.05) is 23.2 Å². The molecule has 3 rings (SSSR count). The Morgan fingerprint density at radius 2 is 2.00 bits per heavy atom. The van der Waals surface area contributed by atoms with Crippen LogP contribution in [0.2, 0.25) is 10.0 Å². The average Bonchev–Trinajstić information content (AvgIpc) is 3.23. The van der Waals surface area contributed by atoms with Gasteiger partial charge in [-0.3, -0.25) is 9.78 Å². The highest BCUT2D eigenvalue weighted by molar-refractivity contribution is 6.45. The van der Waals surface area contributed by atoms with Crippen molar-refractivity contribution < 1.29 is 9.53 Å². The molecule has 0 spiro atoms. The Morgan fingerprint density at radius 1 is 1.30 bits per heavy atom. The minimum Gasteiger partial charge on any atom is -0.425 e. The van der Waals surface area contributed by atoms with Crippen LogP contribution in [0.4, 0.5) is 0 Å². The molecule has 0 atom stereocenters. The van der Waals surface area contributed by atoms with Gasteiger partial charge in [-0.15, -0.1) is 0 Å². The van der Waals surface area contributed by atoms with Gasteiger partial charge in [0.1, 0.15) is 5.75 Å². The molecule has 1 aliphatic rings. The Kier molecular flexibility index (Phi) is 3.35. The minimum absolute atomic E-state index is 0.0240. The number of carbonyl (C=O) groups excluding carboxylic acids is 1. The van der Waals surface area contributed by atoms with Crippen molar-refractivity contribution in [1.29, 1.82) is 0 Å². The van der Waals surface area contributed by atoms with Crippen LogP contribution >= 0.6 is 23.2 Å². The maximum atomic E-state index is 12.0. The lowest BCUT2D eigenvalue weighted by atomic mass is 10.1. The molecule has 0 radical (unpaired) electrons. The number of fused-ring (bicyclic) bond motifs is 1. The Hall–Kier alpha value is -1.32. The third-order valence-electron chi connectivity index (χ3n) is 3.58. The lowest BCUT2D eigenvalue weighted by molar-refractivity contribution is -0.135. The molecule has 0 saturated heterocycles. The van der Waals surface area contributed by atoms with E-state index in [0.717, 1.165) is 24.1 Å². The minimum atomic E-state index is -0.198. The maximum absolute atomic E-state index is 12.0. The quantitative estimate of drug-likeness (QED) is 0.768. The van der Waals surface area contributed by atoms with Gasteiger partial charge in [-0.25, -0.2) is 0 Å². The predicted octanol–water partition coefficient (Wildman–Crippen LogP) is 4.47. The third kappa shape index (κ3) is 2.25. The summed E-state index contributed by atoms with van der Waals surface area (Å²) in [6.07, 6.45) is 1.79. The van der Waals surface area contributed by atoms with Crippen LogP contribution in [0.5, 0.6) is 5.75 Å². The topological polar surface area (TPSA) is 39.2 Å². The first kappa shape index (κ1) is 13.7. The van der Waals surface area contributed by atoms with Gasteiger partial charge < -0.3 is 4.74 Å². The van der Waals surface area contributed by atoms with Crippen LogP contribution in [0.1, 0.15) is 24.1 Å². The number of carbonyl (C=O) groups is 1. The zero-order chi connectivity index (χ0) is 14.4. The summed E-state index contributed by atoms with van der Waals surface area (Å²) in [7, 11) is 0. The van der Waals surface area contributed by atoms with Crippen LogP contribution < -0.4 is 4.74 Å². The van der Waals surface area contributed by atoms with E-state index in [4.69, 9.17) is 27.9 Å². The fourth-order valence-electron chi connectivity index (χ4n) is 2.10. The number of rotatable bonds is 2. The second-order valence-electron chi connectivity index (χ2n) is 5.10. The lowest BCUT2D eigenvalue weighted by Crippen LogP contribution is -2.12. The van der Waals surface area contributed by atoms with E-state index in [1.54, 1.807) is 12.1 Å². The van der Waals surface area contributed by atoms with Crippen LogP contribution in [0.3, 0.4) is 0 Å². The van der Waals surface area contributed by atoms with Gasteiger partial charge in [-0.05, 0) is 38.8 Å². The molecule has 0 N–H and O–H groups in total. The van der Waals surface area contributed by atoms with Crippen LogP contribution in [0, 0.1) is 19.8 Å². The Morgan fingerprint density at radius 3 is 2.65 bits per heavy atom. The fourth-order valence-corrected chi connectivity index (χ4v) is 2.50. The third-order valence-corrected chi connectivity index (χ3v) is 4.39. The lowest BCUT2D eigenvalue weighted by Gasteiger charge is -2.14. The number of hydrogen-bond acceptors (Lipinski definition) is 3. The summed E-state index contributed by atoms with van der Waals surface area (Å²) in [5, 5.41) is 1.41. The Bertz CT molecular complexity index is 724. The molecule has 3 nitrogen and oxygen atoms in total. The summed E-state index contributed by atoms with van der Waals surface area (Å²) in [4.78, 5) is 16.4. The zero-order valence-corrected chi connectivity index (χ0v) is 12.7. The molecule has 0 unspecified atom stereocenters. The smallest absolute Gasteiger partial charge is 0.314 e. The van der Waals surface area contributed by atoms with Gasteiger partial charge in [0.05, 0.1) is 26.9 Å². The molecule has 1 saturated carbocycles. The molecule has 20 heavy (non-hydrogen) atoms. The van der Waals surface area contributed by atoms with Crippen molar-refractivity contribution in [2.75, 3.05) is 0 Å². The summed E-state index contributed by atoms with van der Waals surface area (Å²) in [6, 6.07) is 3.48. The summed E-state index contributed by atoms with van der Waals surface area (Å²) < 4.78 is 5.58. The summed E-state index contributed by atoms with van der Waals surface area (Å²) in [5.74, 6) is 0.309. The number of hydrogen-bond donors (Lipinski definition) is 0. The van der Waals surface area contributed by atoms with Gasteiger partial charge in [0.2, 0.25) is 0 Å². The average molecular weight is 310 g/mol. The van der Waals surface area contributed by atoms with Gasteiger partial charge >= 0.3 is 5.97 Å². The maximum Gasteiger partial charge on any atom is 0.314 e. The molecule has 0 amide bonds. The number of aryl methyl sites for hydroxylation is 1. The van der Waals surface area contributed by atoms with Crippen molar-refractivity contribution in [3.05, 3.63) is 33.4 Å². The largest absolute Gasteiger partial charge is 0.425 e. The van der Waals surface area contributed by atoms with Crippen LogP contribution in [0.15, 0.2) is 12.1 Å². The van der Waals surface area contributed by atoms with Crippen LogP contribution in [0.25, 0.3) is 10.9 Å². The number of aromatic nitrogens is 1. The molecule has 1 aromatic carbocycles. The van der Waals surface area contributed by atoms with E-state index in [9.17, 15) is 4.79 Å². The predicted molar refractivity (Wildman–Crippen MR) is 79.6 cm³/mol. The second kappa shape index (κ2) is 4.90. The van der Waals surface area contributed by atoms with E-state index in [2.05, 4.69) is 4.98 Å². The van der Waals surface area contributed by atoms with Crippen molar-refractivity contribution >= 4 is 40.1 Å². The van der Waals surface area contributed by atoms with Gasteiger partial charge in [-0.2, -0.15) is 0 Å². The van der Waals surface area contributed by atoms with Gasteiger partial charge in [0, 0.05) is 11.3 Å². The Balaban J connectivity index is 2.23. The molecule has 0 aliphatic heterocycles. The molecule has 1 fully saturated rings. The number of esters is 1. The number of benzene rings is 1. The van der Waals surface area contributed by atoms with E-state index in [-0.39, 0.29) is 11.9 Å². The van der Waals surface area contributed by atoms with E-state index in [0.29, 0.717) is 26.7 Å². The molecular weight excluding hydrogens is 297 g/mol. The highest BCUT2D eigenvalue weighted by atomic mass is 35.5. The molecule has 104 valence electrons. The van der Waals surface area contributed by atoms with Crippen LogP contribution in [-0.2, 0) is 4.79 Å². The summed E-state index contributed by atoms with van der Waals surface area (Å²) >= 11 is 12.3. The fraction of sp³-hybridized carbons (Fsp3) is 0.333. The summed E-state index contributed by atoms with van der Waals surface area (Å²) in [5.41, 5.74) is 2.31. The normalized spacial score (nSPS) is 14.6. The van der Waals surface area contributed by atoms with Gasteiger partial charge in [0.15, 0.2) is 0 Å². The summed E-state index contributed by atoms with van der Waals surface area (Å²) in [6.45, 7) is 3.75. The van der Waals surface area contributed by atoms with Crippen molar-refractivity contribution in [2.24, 2.45) is 5.92 Å². The first-order chi connectivity index (χ1) is 9.49. The number of ether oxygens (including phenoxy) is 1. The number of halogens is 2. The molecule has 2 aromatic rings. The van der Waals surface area contributed by atoms with Gasteiger partial charge in [0.25, 0.3) is 0 Å². The molecule has 1 heterocycles. The van der Waals surface area contributed by atoms with Crippen LogP contribution in [-0.4, -0.2) is 11.0 Å². The molecule has 5 heteroatoms. The van der Waals surface area contributed by atoms with E-state index in [1.165, 1.54) is 0 Å². The zero-order valence-electron chi connectivity index (χ0n) is 11.2. The van der Waals surface area contributed by atoms with Crippen molar-refractivity contribution in [1.82, 2.24) is 4.98 Å². The standard InChI is InChI=1S/C15H13Cl2NO2/c1-7-8(2)18-11-6-5-10(16)13(17)12(11)14(7)20-15(19)9-3-4-9/h5-6,9H,3-4H2,1-2H3. The molecule has 1 aliphatic carbocycles. The van der Waals surface area contributed by atoms with Crippen molar-refractivity contribution in [2.45, 2.75) is 26.7 Å². The second-order valence-corrected chi connectivity index (χ2v) is 5.89. The van der Waals surface area contributed by atoms with Crippen molar-refractivity contribution in [3.63, 3.8) is 0 Å². The highest BCUT2D eigenvalue weighted by Gasteiger charge is 2.32. The molecular formula is C15H13Cl2NO2. The monoisotopic (exact) mass is 309 g/mol. The van der Waals surface area contributed by atoms with E-state index in [1.807, 2.05) is 13.8 Å². The first-order valence-electron chi connectivity index (χ1n) is 6.45. The SMILES string of the molecule is Cc1nc2ccc(Cl)c(Cl)c2c(OC(=O)C2CC2)c1C. The van der Waals surface area contributed by atoms with Crippen molar-refractivity contribution in [3.8, 4) is 5.75 Å². The number of nitrogens with zero attached hydrogens (tertiary/aromatic N) is 1. The van der Waals surface area contributed by atoms with E-state index >= 15 is 0 Å². The van der Waals surface area contributed by atoms with E-state index < -0.39 is 0 Å². The molecule has 1 aromatic heterocycles. The highest BCUT2D eigenvalue weighted by Crippen LogP contribution is 2.40. The molecule has 0 bridgehead atoms. The Labute approximate surface area is 126 Å². The first-order valence-corrected chi connectivity index (χ1v) is 7.21. The number of pyridine rings is 1.